The van der Waals surface area contributed by atoms with Crippen LogP contribution in [0.3, 0.4) is 0 Å². The van der Waals surface area contributed by atoms with E-state index in [9.17, 15) is 22.2 Å². The van der Waals surface area contributed by atoms with Gasteiger partial charge in [-0.1, -0.05) is 23.8 Å². The van der Waals surface area contributed by atoms with Crippen molar-refractivity contribution in [2.24, 2.45) is 0 Å². The lowest BCUT2D eigenvalue weighted by atomic mass is 10.2. The predicted octanol–water partition coefficient (Wildman–Crippen LogP) is 5.62. The second-order valence-corrected chi connectivity index (χ2v) is 8.51. The summed E-state index contributed by atoms with van der Waals surface area (Å²) in [5.74, 6) is -5.10. The molecule has 1 aliphatic rings. The molecule has 1 aliphatic carbocycles. The van der Waals surface area contributed by atoms with Crippen LogP contribution in [-0.4, -0.2) is 15.4 Å². The van der Waals surface area contributed by atoms with Crippen molar-refractivity contribution in [1.82, 2.24) is 0 Å². The standard InChI is InChI=1S/C20H17ClF3NO2S/c21-15-8-7-12(9-18(15)28(27)14-5-3-1-2-4-6-14)20(26)25-13-10-16(22)19(24)17(23)11-13/h1-2,7-11,14H,3-6H2,(H,25,26). The van der Waals surface area contributed by atoms with Gasteiger partial charge in [-0.2, -0.15) is 0 Å². The molecule has 0 saturated heterocycles. The van der Waals surface area contributed by atoms with E-state index in [-0.39, 0.29) is 21.5 Å². The van der Waals surface area contributed by atoms with Gasteiger partial charge in [0, 0.05) is 28.6 Å². The van der Waals surface area contributed by atoms with Gasteiger partial charge in [-0.05, 0) is 43.9 Å². The molecule has 148 valence electrons. The molecule has 1 atom stereocenters. The Bertz CT molecular complexity index is 931. The van der Waals surface area contributed by atoms with E-state index in [0.717, 1.165) is 25.7 Å². The fraction of sp³-hybridized carbons (Fsp3) is 0.250. The van der Waals surface area contributed by atoms with E-state index in [0.29, 0.717) is 17.0 Å². The van der Waals surface area contributed by atoms with Gasteiger partial charge in [0.15, 0.2) is 17.5 Å². The highest BCUT2D eigenvalue weighted by Crippen LogP contribution is 2.28. The van der Waals surface area contributed by atoms with Crippen molar-refractivity contribution in [3.63, 3.8) is 0 Å². The smallest absolute Gasteiger partial charge is 0.255 e. The summed E-state index contributed by atoms with van der Waals surface area (Å²) < 4.78 is 52.7. The second-order valence-electron chi connectivity index (χ2n) is 6.40. The van der Waals surface area contributed by atoms with Crippen LogP contribution < -0.4 is 5.32 Å². The molecule has 8 heteroatoms. The van der Waals surface area contributed by atoms with Gasteiger partial charge in [-0.15, -0.1) is 0 Å². The number of carbonyl (C=O) groups excluding carboxylic acids is 1. The Morgan fingerprint density at radius 1 is 1.04 bits per heavy atom. The van der Waals surface area contributed by atoms with Crippen LogP contribution in [0.25, 0.3) is 0 Å². The fourth-order valence-corrected chi connectivity index (χ4v) is 4.88. The molecule has 0 saturated carbocycles. The van der Waals surface area contributed by atoms with Crippen LogP contribution in [0.2, 0.25) is 5.02 Å². The zero-order valence-corrected chi connectivity index (χ0v) is 16.3. The van der Waals surface area contributed by atoms with Crippen LogP contribution >= 0.6 is 11.6 Å². The van der Waals surface area contributed by atoms with E-state index < -0.39 is 34.2 Å². The number of benzene rings is 2. The Hall–Kier alpha value is -2.12. The zero-order chi connectivity index (χ0) is 20.3. The Balaban J connectivity index is 1.82. The van der Waals surface area contributed by atoms with Crippen LogP contribution in [0.4, 0.5) is 18.9 Å². The van der Waals surface area contributed by atoms with Gasteiger partial charge < -0.3 is 5.32 Å². The third-order valence-corrected chi connectivity index (χ3v) is 6.72. The first-order chi connectivity index (χ1) is 13.4. The highest BCUT2D eigenvalue weighted by atomic mass is 35.5. The molecular formula is C20H17ClF3NO2S. The number of nitrogens with one attached hydrogen (secondary N) is 1. The second kappa shape index (κ2) is 8.92. The normalized spacial score (nSPS) is 15.9. The number of rotatable bonds is 4. The summed E-state index contributed by atoms with van der Waals surface area (Å²) in [7, 11) is -1.40. The molecule has 3 rings (SSSR count). The zero-order valence-electron chi connectivity index (χ0n) is 14.7. The summed E-state index contributed by atoms with van der Waals surface area (Å²) in [6, 6.07) is 5.67. The van der Waals surface area contributed by atoms with Gasteiger partial charge in [0.1, 0.15) is 0 Å². The topological polar surface area (TPSA) is 46.2 Å². The third kappa shape index (κ3) is 4.64. The van der Waals surface area contributed by atoms with E-state index in [2.05, 4.69) is 17.5 Å². The van der Waals surface area contributed by atoms with Gasteiger partial charge in [0.2, 0.25) is 0 Å². The van der Waals surface area contributed by atoms with Crippen molar-refractivity contribution in [2.45, 2.75) is 35.8 Å². The number of allylic oxidation sites excluding steroid dienone is 2. The van der Waals surface area contributed by atoms with Gasteiger partial charge in [0.25, 0.3) is 5.91 Å². The predicted molar refractivity (Wildman–Crippen MR) is 104 cm³/mol. The van der Waals surface area contributed by atoms with Crippen LogP contribution in [0.5, 0.6) is 0 Å². The number of hydrogen-bond acceptors (Lipinski definition) is 2. The number of amides is 1. The first-order valence-corrected chi connectivity index (χ1v) is 10.3. The van der Waals surface area contributed by atoms with Crippen LogP contribution in [0, 0.1) is 17.5 Å². The van der Waals surface area contributed by atoms with Crippen LogP contribution in [0.1, 0.15) is 36.0 Å². The Morgan fingerprint density at radius 3 is 2.25 bits per heavy atom. The molecule has 0 fully saturated rings. The molecule has 0 aliphatic heterocycles. The Morgan fingerprint density at radius 2 is 1.64 bits per heavy atom. The number of carbonyl (C=O) groups is 1. The quantitative estimate of drug-likeness (QED) is 0.508. The fourth-order valence-electron chi connectivity index (χ4n) is 2.97. The molecule has 3 nitrogen and oxygen atoms in total. The first-order valence-electron chi connectivity index (χ1n) is 8.68. The van der Waals surface area contributed by atoms with Crippen LogP contribution in [-0.2, 0) is 10.8 Å². The molecule has 0 aromatic heterocycles. The summed E-state index contributed by atoms with van der Waals surface area (Å²) in [5.41, 5.74) is -0.0986. The first kappa shape index (κ1) is 20.6. The summed E-state index contributed by atoms with van der Waals surface area (Å²) in [6.45, 7) is 0. The van der Waals surface area contributed by atoms with Crippen molar-refractivity contribution in [1.29, 1.82) is 0 Å². The number of anilines is 1. The number of hydrogen-bond donors (Lipinski definition) is 1. The van der Waals surface area contributed by atoms with Gasteiger partial charge >= 0.3 is 0 Å². The largest absolute Gasteiger partial charge is 0.322 e. The van der Waals surface area contributed by atoms with E-state index in [1.807, 2.05) is 0 Å². The highest BCUT2D eigenvalue weighted by Gasteiger charge is 2.22. The maximum atomic E-state index is 13.3. The van der Waals surface area contributed by atoms with Crippen molar-refractivity contribution in [2.75, 3.05) is 5.32 Å². The van der Waals surface area contributed by atoms with Crippen molar-refractivity contribution in [3.05, 3.63) is 70.5 Å². The molecule has 0 radical (unpaired) electrons. The lowest BCUT2D eigenvalue weighted by Crippen LogP contribution is -2.17. The van der Waals surface area contributed by atoms with Crippen LogP contribution in [0.15, 0.2) is 47.4 Å². The van der Waals surface area contributed by atoms with Crippen molar-refractivity contribution in [3.8, 4) is 0 Å². The van der Waals surface area contributed by atoms with E-state index in [1.165, 1.54) is 18.2 Å². The molecule has 1 N–H and O–H groups in total. The summed E-state index contributed by atoms with van der Waals surface area (Å²) in [4.78, 5) is 12.8. The molecule has 0 spiro atoms. The van der Waals surface area contributed by atoms with Gasteiger partial charge in [-0.25, -0.2) is 13.2 Å². The molecule has 1 unspecified atom stereocenters. The molecule has 0 bridgehead atoms. The molecule has 1 amide bonds. The lowest BCUT2D eigenvalue weighted by Gasteiger charge is -2.15. The third-order valence-electron chi connectivity index (χ3n) is 4.43. The maximum absolute atomic E-state index is 13.3. The van der Waals surface area contributed by atoms with E-state index in [4.69, 9.17) is 11.6 Å². The van der Waals surface area contributed by atoms with E-state index in [1.54, 1.807) is 0 Å². The minimum absolute atomic E-state index is 0.0777. The van der Waals surface area contributed by atoms with E-state index >= 15 is 0 Å². The maximum Gasteiger partial charge on any atom is 0.255 e. The monoisotopic (exact) mass is 427 g/mol. The molecule has 2 aromatic rings. The molecular weight excluding hydrogens is 411 g/mol. The Kier molecular flexibility index (Phi) is 6.57. The summed E-state index contributed by atoms with van der Waals surface area (Å²) in [5, 5.41) is 2.51. The van der Waals surface area contributed by atoms with Gasteiger partial charge in [0.05, 0.1) is 20.7 Å². The summed E-state index contributed by atoms with van der Waals surface area (Å²) in [6.07, 6.45) is 7.28. The summed E-state index contributed by atoms with van der Waals surface area (Å²) >= 11 is 6.19. The number of halogens is 4. The molecule has 28 heavy (non-hydrogen) atoms. The average molecular weight is 428 g/mol. The minimum Gasteiger partial charge on any atom is -0.322 e. The van der Waals surface area contributed by atoms with Crippen molar-refractivity contribution < 1.29 is 22.2 Å². The molecule has 0 heterocycles. The Labute approximate surface area is 168 Å². The average Bonchev–Trinajstić information content (AvgIpc) is 2.95. The highest BCUT2D eigenvalue weighted by molar-refractivity contribution is 7.85. The van der Waals surface area contributed by atoms with Crippen molar-refractivity contribution >= 4 is 34.0 Å². The SMILES string of the molecule is O=C(Nc1cc(F)c(F)c(F)c1)c1ccc(Cl)c(S(=O)C2CCC=CCC2)c1. The van der Waals surface area contributed by atoms with Gasteiger partial charge in [-0.3, -0.25) is 9.00 Å². The minimum atomic E-state index is -1.61. The lowest BCUT2D eigenvalue weighted by molar-refractivity contribution is 0.102. The molecule has 2 aromatic carbocycles.